The monoisotopic (exact) mass is 261 g/mol. The molecule has 4 heteroatoms. The van der Waals surface area contributed by atoms with Crippen LogP contribution in [0.4, 0.5) is 0 Å². The second-order valence-corrected chi connectivity index (χ2v) is 5.04. The molecule has 2 rings (SSSR count). The second-order valence-electron chi connectivity index (χ2n) is 5.04. The van der Waals surface area contributed by atoms with Crippen LogP contribution >= 0.6 is 0 Å². The van der Waals surface area contributed by atoms with E-state index in [0.29, 0.717) is 19.4 Å². The molecule has 0 atom stereocenters. The van der Waals surface area contributed by atoms with E-state index in [0.717, 1.165) is 6.42 Å². The summed E-state index contributed by atoms with van der Waals surface area (Å²) in [4.78, 5) is 25.6. The first-order chi connectivity index (χ1) is 9.10. The second kappa shape index (κ2) is 5.43. The number of hydrogen-bond donors (Lipinski definition) is 0. The van der Waals surface area contributed by atoms with Crippen molar-refractivity contribution < 1.29 is 14.3 Å². The lowest BCUT2D eigenvalue weighted by atomic mass is 10.1. The predicted octanol–water partition coefficient (Wildman–Crippen LogP) is 1.64. The van der Waals surface area contributed by atoms with Crippen LogP contribution < -0.4 is 0 Å². The molecule has 1 aliphatic rings. The molecule has 0 aliphatic heterocycles. The van der Waals surface area contributed by atoms with Crippen LogP contribution in [0.15, 0.2) is 30.3 Å². The maximum atomic E-state index is 12.3. The Morgan fingerprint density at radius 2 is 1.89 bits per heavy atom. The Hall–Kier alpha value is -1.84. The molecule has 0 unspecified atom stereocenters. The molecule has 0 spiro atoms. The van der Waals surface area contributed by atoms with Crippen LogP contribution in [0.2, 0.25) is 0 Å². The van der Waals surface area contributed by atoms with Gasteiger partial charge in [0.05, 0.1) is 7.11 Å². The zero-order valence-electron chi connectivity index (χ0n) is 11.4. The zero-order chi connectivity index (χ0) is 13.9. The highest BCUT2D eigenvalue weighted by Crippen LogP contribution is 2.48. The summed E-state index contributed by atoms with van der Waals surface area (Å²) in [5.41, 5.74) is 0.297. The molecule has 1 saturated carbocycles. The SMILES string of the molecule is COC(=O)C1(C(=O)N(C)CCc2ccccc2)CC1. The van der Waals surface area contributed by atoms with E-state index in [1.807, 2.05) is 30.3 Å². The third-order valence-electron chi connectivity index (χ3n) is 3.66. The van der Waals surface area contributed by atoms with Crippen molar-refractivity contribution in [3.63, 3.8) is 0 Å². The highest BCUT2D eigenvalue weighted by atomic mass is 16.5. The van der Waals surface area contributed by atoms with E-state index >= 15 is 0 Å². The van der Waals surface area contributed by atoms with E-state index < -0.39 is 11.4 Å². The van der Waals surface area contributed by atoms with Gasteiger partial charge in [0.15, 0.2) is 0 Å². The first kappa shape index (κ1) is 13.6. The van der Waals surface area contributed by atoms with Gasteiger partial charge in [-0.1, -0.05) is 30.3 Å². The zero-order valence-corrected chi connectivity index (χ0v) is 11.4. The lowest BCUT2D eigenvalue weighted by Crippen LogP contribution is -2.40. The van der Waals surface area contributed by atoms with Gasteiger partial charge in [-0.3, -0.25) is 9.59 Å². The third-order valence-corrected chi connectivity index (χ3v) is 3.66. The van der Waals surface area contributed by atoms with Crippen molar-refractivity contribution in [1.29, 1.82) is 0 Å². The third kappa shape index (κ3) is 2.78. The summed E-state index contributed by atoms with van der Waals surface area (Å²) >= 11 is 0. The van der Waals surface area contributed by atoms with E-state index in [-0.39, 0.29) is 5.91 Å². The Morgan fingerprint density at radius 3 is 2.42 bits per heavy atom. The Labute approximate surface area is 113 Å². The number of amides is 1. The van der Waals surface area contributed by atoms with Crippen molar-refractivity contribution in [2.24, 2.45) is 5.41 Å². The molecule has 4 nitrogen and oxygen atoms in total. The number of carbonyl (C=O) groups excluding carboxylic acids is 2. The van der Waals surface area contributed by atoms with Gasteiger partial charge < -0.3 is 9.64 Å². The molecule has 1 aromatic carbocycles. The summed E-state index contributed by atoms with van der Waals surface area (Å²) in [6.07, 6.45) is 2.00. The van der Waals surface area contributed by atoms with E-state index in [9.17, 15) is 9.59 Å². The van der Waals surface area contributed by atoms with Gasteiger partial charge in [0.2, 0.25) is 5.91 Å². The van der Waals surface area contributed by atoms with E-state index in [1.54, 1.807) is 11.9 Å². The molecule has 0 aromatic heterocycles. The number of ether oxygens (including phenoxy) is 1. The molecule has 0 bridgehead atoms. The van der Waals surface area contributed by atoms with Crippen molar-refractivity contribution in [3.05, 3.63) is 35.9 Å². The smallest absolute Gasteiger partial charge is 0.321 e. The topological polar surface area (TPSA) is 46.6 Å². The summed E-state index contributed by atoms with van der Waals surface area (Å²) in [6, 6.07) is 9.99. The van der Waals surface area contributed by atoms with Crippen LogP contribution in [-0.2, 0) is 20.7 Å². The van der Waals surface area contributed by atoms with E-state index in [1.165, 1.54) is 12.7 Å². The van der Waals surface area contributed by atoms with Gasteiger partial charge in [0.1, 0.15) is 5.41 Å². The number of methoxy groups -OCH3 is 1. The molecule has 1 amide bonds. The fourth-order valence-corrected chi connectivity index (χ4v) is 2.23. The highest BCUT2D eigenvalue weighted by molar-refractivity contribution is 6.05. The van der Waals surface area contributed by atoms with Gasteiger partial charge in [-0.25, -0.2) is 0 Å². The number of nitrogens with zero attached hydrogens (tertiary/aromatic N) is 1. The van der Waals surface area contributed by atoms with Crippen molar-refractivity contribution >= 4 is 11.9 Å². The molecule has 102 valence electrons. The van der Waals surface area contributed by atoms with Crippen molar-refractivity contribution in [2.45, 2.75) is 19.3 Å². The maximum absolute atomic E-state index is 12.3. The molecule has 1 aliphatic carbocycles. The minimum Gasteiger partial charge on any atom is -0.468 e. The number of benzene rings is 1. The summed E-state index contributed by atoms with van der Waals surface area (Å²) in [7, 11) is 3.08. The van der Waals surface area contributed by atoms with Gasteiger partial charge in [0, 0.05) is 13.6 Å². The van der Waals surface area contributed by atoms with Gasteiger partial charge in [-0.2, -0.15) is 0 Å². The van der Waals surface area contributed by atoms with Crippen molar-refractivity contribution in [1.82, 2.24) is 4.90 Å². The number of likely N-dealkylation sites (N-methyl/N-ethyl adjacent to an activating group) is 1. The molecule has 0 heterocycles. The van der Waals surface area contributed by atoms with E-state index in [2.05, 4.69) is 0 Å². The van der Waals surface area contributed by atoms with Gasteiger partial charge >= 0.3 is 5.97 Å². The Bertz CT molecular complexity index is 466. The first-order valence-electron chi connectivity index (χ1n) is 6.48. The summed E-state index contributed by atoms with van der Waals surface area (Å²) in [6.45, 7) is 0.613. The van der Waals surface area contributed by atoms with Gasteiger partial charge in [-0.05, 0) is 24.8 Å². The standard InChI is InChI=1S/C15H19NO3/c1-16(11-8-12-6-4-3-5-7-12)13(17)15(9-10-15)14(18)19-2/h3-7H,8-11H2,1-2H3. The molecule has 19 heavy (non-hydrogen) atoms. The average molecular weight is 261 g/mol. The molecule has 0 N–H and O–H groups in total. The molecule has 0 radical (unpaired) electrons. The summed E-state index contributed by atoms with van der Waals surface area (Å²) in [5.74, 6) is -0.514. The van der Waals surface area contributed by atoms with Crippen LogP contribution in [0.25, 0.3) is 0 Å². The van der Waals surface area contributed by atoms with Gasteiger partial charge in [0.25, 0.3) is 0 Å². The van der Waals surface area contributed by atoms with Crippen LogP contribution in [0.3, 0.4) is 0 Å². The van der Waals surface area contributed by atoms with Crippen LogP contribution in [-0.4, -0.2) is 37.5 Å². The highest BCUT2D eigenvalue weighted by Gasteiger charge is 2.58. The van der Waals surface area contributed by atoms with Crippen molar-refractivity contribution in [2.75, 3.05) is 20.7 Å². The van der Waals surface area contributed by atoms with Gasteiger partial charge in [-0.15, -0.1) is 0 Å². The molecule has 1 aromatic rings. The quantitative estimate of drug-likeness (QED) is 0.598. The normalized spacial score (nSPS) is 15.7. The Kier molecular flexibility index (Phi) is 3.88. The number of carbonyl (C=O) groups is 2. The maximum Gasteiger partial charge on any atom is 0.321 e. The number of rotatable bonds is 5. The minimum absolute atomic E-state index is 0.115. The molecule has 1 fully saturated rings. The lowest BCUT2D eigenvalue weighted by Gasteiger charge is -2.22. The fourth-order valence-electron chi connectivity index (χ4n) is 2.23. The first-order valence-corrected chi connectivity index (χ1v) is 6.48. The van der Waals surface area contributed by atoms with Crippen LogP contribution in [0.1, 0.15) is 18.4 Å². The number of hydrogen-bond acceptors (Lipinski definition) is 3. The average Bonchev–Trinajstić information content (AvgIpc) is 3.25. The Morgan fingerprint density at radius 1 is 1.26 bits per heavy atom. The minimum atomic E-state index is -0.889. The molecular weight excluding hydrogens is 242 g/mol. The molecule has 0 saturated heterocycles. The summed E-state index contributed by atoms with van der Waals surface area (Å²) < 4.78 is 4.73. The number of esters is 1. The summed E-state index contributed by atoms with van der Waals surface area (Å²) in [5, 5.41) is 0. The van der Waals surface area contributed by atoms with Crippen LogP contribution in [0, 0.1) is 5.41 Å². The van der Waals surface area contributed by atoms with E-state index in [4.69, 9.17) is 4.74 Å². The Balaban J connectivity index is 1.92. The predicted molar refractivity (Wildman–Crippen MR) is 71.5 cm³/mol. The lowest BCUT2D eigenvalue weighted by molar-refractivity contribution is -0.155. The van der Waals surface area contributed by atoms with Crippen molar-refractivity contribution in [3.8, 4) is 0 Å². The largest absolute Gasteiger partial charge is 0.468 e. The molecular formula is C15H19NO3. The fraction of sp³-hybridized carbons (Fsp3) is 0.467. The van der Waals surface area contributed by atoms with Crippen LogP contribution in [0.5, 0.6) is 0 Å².